The molecule has 0 spiro atoms. The molecule has 1 N–H and O–H groups in total. The average molecular weight is 438 g/mol. The largest absolute Gasteiger partial charge is 0.466 e. The third-order valence-corrected chi connectivity index (χ3v) is 5.10. The van der Waals surface area contributed by atoms with Crippen molar-refractivity contribution in [3.63, 3.8) is 0 Å². The lowest BCUT2D eigenvalue weighted by molar-refractivity contribution is 0.0517. The number of halogens is 1. The van der Waals surface area contributed by atoms with Crippen LogP contribution in [0.3, 0.4) is 0 Å². The highest BCUT2D eigenvalue weighted by Gasteiger charge is 2.39. The van der Waals surface area contributed by atoms with E-state index in [-0.39, 0.29) is 19.3 Å². The predicted molar refractivity (Wildman–Crippen MR) is 108 cm³/mol. The number of nitrogens with zero attached hydrogens (tertiary/aromatic N) is 1. The molecule has 1 aliphatic heterocycles. The minimum atomic E-state index is -0.618. The van der Waals surface area contributed by atoms with E-state index < -0.39 is 11.7 Å². The molecule has 0 saturated carbocycles. The maximum absolute atomic E-state index is 12.8. The molecule has 1 aliphatic rings. The number of aliphatic hydroxyl groups is 1. The van der Waals surface area contributed by atoms with E-state index >= 15 is 0 Å². The van der Waals surface area contributed by atoms with Crippen molar-refractivity contribution < 1.29 is 24.1 Å². The van der Waals surface area contributed by atoms with Gasteiger partial charge in [0, 0.05) is 25.0 Å². The van der Waals surface area contributed by atoms with Gasteiger partial charge in [0.1, 0.15) is 11.4 Å². The highest BCUT2D eigenvalue weighted by molar-refractivity contribution is 9.10. The number of carbonyl (C=O) groups excluding carboxylic acids is 1. The Kier molecular flexibility index (Phi) is 5.65. The molecule has 0 saturated heterocycles. The molecule has 1 atom stereocenters. The Hall–Kier alpha value is -1.83. The minimum absolute atomic E-state index is 0.0684. The summed E-state index contributed by atoms with van der Waals surface area (Å²) < 4.78 is 17.1. The summed E-state index contributed by atoms with van der Waals surface area (Å²) in [6, 6.07) is 7.79. The van der Waals surface area contributed by atoms with Crippen LogP contribution in [-0.2, 0) is 9.47 Å². The zero-order valence-electron chi connectivity index (χ0n) is 15.9. The number of rotatable bonds is 4. The van der Waals surface area contributed by atoms with Gasteiger partial charge in [-0.1, -0.05) is 24.3 Å². The summed E-state index contributed by atoms with van der Waals surface area (Å²) in [5.41, 5.74) is 0.969. The summed E-state index contributed by atoms with van der Waals surface area (Å²) in [6.45, 7) is 5.84. The average Bonchev–Trinajstić information content (AvgIpc) is 3.00. The van der Waals surface area contributed by atoms with Gasteiger partial charge in [0.25, 0.3) is 0 Å². The molecule has 27 heavy (non-hydrogen) atoms. The second-order valence-electron chi connectivity index (χ2n) is 7.47. The maximum atomic E-state index is 12.8. The van der Waals surface area contributed by atoms with E-state index in [0.29, 0.717) is 22.5 Å². The van der Waals surface area contributed by atoms with Crippen molar-refractivity contribution in [3.8, 4) is 5.75 Å². The van der Waals surface area contributed by atoms with Crippen LogP contribution in [0.15, 0.2) is 28.7 Å². The predicted octanol–water partition coefficient (Wildman–Crippen LogP) is 4.42. The van der Waals surface area contributed by atoms with Crippen LogP contribution in [0.2, 0.25) is 0 Å². The molecule has 1 unspecified atom stereocenters. The van der Waals surface area contributed by atoms with Gasteiger partial charge in [-0.15, -0.1) is 0 Å². The molecular weight excluding hydrogens is 414 g/mol. The third kappa shape index (κ3) is 3.77. The Bertz CT molecular complexity index is 862. The molecule has 0 radical (unpaired) electrons. The number of fused-ring (bicyclic) bond motifs is 3. The summed E-state index contributed by atoms with van der Waals surface area (Å²) in [4.78, 5) is 14.4. The number of amides is 1. The Labute approximate surface area is 167 Å². The monoisotopic (exact) mass is 437 g/mol. The lowest BCUT2D eigenvalue weighted by Gasteiger charge is -2.26. The van der Waals surface area contributed by atoms with Crippen molar-refractivity contribution in [2.45, 2.75) is 32.3 Å². The Morgan fingerprint density at radius 2 is 1.96 bits per heavy atom. The summed E-state index contributed by atoms with van der Waals surface area (Å²) >= 11 is 3.62. The van der Waals surface area contributed by atoms with Crippen molar-refractivity contribution >= 4 is 38.5 Å². The number of ether oxygens (including phenoxy) is 3. The molecule has 0 aromatic heterocycles. The fourth-order valence-electron chi connectivity index (χ4n) is 3.36. The van der Waals surface area contributed by atoms with Crippen LogP contribution in [0.4, 0.5) is 10.5 Å². The molecule has 0 fully saturated rings. The molecule has 146 valence electrons. The van der Waals surface area contributed by atoms with Crippen molar-refractivity contribution in [2.24, 2.45) is 0 Å². The molecule has 0 aliphatic carbocycles. The Morgan fingerprint density at radius 3 is 2.56 bits per heavy atom. The molecule has 6 nitrogen and oxygen atoms in total. The first-order chi connectivity index (χ1) is 12.8. The van der Waals surface area contributed by atoms with Crippen LogP contribution >= 0.6 is 15.9 Å². The second kappa shape index (κ2) is 7.66. The first-order valence-corrected chi connectivity index (χ1v) is 9.55. The smallest absolute Gasteiger partial charge is 0.414 e. The van der Waals surface area contributed by atoms with Crippen LogP contribution in [0, 0.1) is 0 Å². The molecule has 2 aromatic rings. The van der Waals surface area contributed by atoms with E-state index in [1.165, 1.54) is 0 Å². The van der Waals surface area contributed by atoms with Crippen LogP contribution in [-0.4, -0.2) is 43.9 Å². The van der Waals surface area contributed by atoms with E-state index in [0.717, 1.165) is 16.3 Å². The van der Waals surface area contributed by atoms with Crippen LogP contribution in [0.1, 0.15) is 32.3 Å². The van der Waals surface area contributed by atoms with Gasteiger partial charge in [-0.3, -0.25) is 4.90 Å². The normalized spacial score (nSPS) is 16.5. The number of methoxy groups -OCH3 is 1. The summed E-state index contributed by atoms with van der Waals surface area (Å²) in [7, 11) is 1.55. The van der Waals surface area contributed by atoms with Crippen LogP contribution < -0.4 is 9.64 Å². The molecule has 7 heteroatoms. The molecule has 1 heterocycles. The maximum Gasteiger partial charge on any atom is 0.414 e. The Morgan fingerprint density at radius 1 is 1.30 bits per heavy atom. The van der Waals surface area contributed by atoms with E-state index in [1.807, 2.05) is 45.0 Å². The number of aliphatic hydroxyl groups excluding tert-OH is 1. The second-order valence-corrected chi connectivity index (χ2v) is 8.27. The lowest BCUT2D eigenvalue weighted by atomic mass is 9.95. The van der Waals surface area contributed by atoms with E-state index in [4.69, 9.17) is 14.2 Å². The zero-order chi connectivity index (χ0) is 19.8. The highest BCUT2D eigenvalue weighted by Crippen LogP contribution is 2.51. The highest BCUT2D eigenvalue weighted by atomic mass is 79.9. The van der Waals surface area contributed by atoms with Gasteiger partial charge in [-0.2, -0.15) is 0 Å². The number of hydrogen-bond donors (Lipinski definition) is 1. The number of carbonyl (C=O) groups is 1. The Balaban J connectivity index is 2.21. The molecule has 1 amide bonds. The van der Waals surface area contributed by atoms with Crippen molar-refractivity contribution in [1.82, 2.24) is 0 Å². The molecular formula is C20H24BrNO5. The van der Waals surface area contributed by atoms with Crippen molar-refractivity contribution in [2.75, 3.05) is 32.0 Å². The van der Waals surface area contributed by atoms with Gasteiger partial charge < -0.3 is 19.3 Å². The lowest BCUT2D eigenvalue weighted by Crippen LogP contribution is -2.36. The van der Waals surface area contributed by atoms with E-state index in [9.17, 15) is 9.90 Å². The van der Waals surface area contributed by atoms with Gasteiger partial charge in [-0.25, -0.2) is 4.79 Å². The topological polar surface area (TPSA) is 68.2 Å². The van der Waals surface area contributed by atoms with Crippen LogP contribution in [0.25, 0.3) is 10.8 Å². The zero-order valence-corrected chi connectivity index (χ0v) is 17.5. The third-order valence-electron chi connectivity index (χ3n) is 4.36. The van der Waals surface area contributed by atoms with Crippen molar-refractivity contribution in [3.05, 3.63) is 34.3 Å². The fraction of sp³-hybridized carbons (Fsp3) is 0.450. The number of hydrogen-bond acceptors (Lipinski definition) is 5. The molecule has 0 bridgehead atoms. The van der Waals surface area contributed by atoms with Gasteiger partial charge >= 0.3 is 6.09 Å². The van der Waals surface area contributed by atoms with Crippen LogP contribution in [0.5, 0.6) is 5.75 Å². The quantitative estimate of drug-likeness (QED) is 0.717. The fourth-order valence-corrected chi connectivity index (χ4v) is 4.11. The first-order valence-electron chi connectivity index (χ1n) is 8.75. The van der Waals surface area contributed by atoms with Gasteiger partial charge in [0.05, 0.1) is 16.8 Å². The number of benzene rings is 2. The minimum Gasteiger partial charge on any atom is -0.466 e. The number of anilines is 1. The molecule has 3 rings (SSSR count). The van der Waals surface area contributed by atoms with Crippen molar-refractivity contribution in [1.29, 1.82) is 0 Å². The first kappa shape index (κ1) is 19.9. The van der Waals surface area contributed by atoms with Gasteiger partial charge in [-0.05, 0) is 47.7 Å². The molecule has 2 aromatic carbocycles. The summed E-state index contributed by atoms with van der Waals surface area (Å²) in [6.07, 6.45) is -0.451. The summed E-state index contributed by atoms with van der Waals surface area (Å²) in [5.74, 6) is 0.392. The van der Waals surface area contributed by atoms with Gasteiger partial charge in [0.2, 0.25) is 0 Å². The van der Waals surface area contributed by atoms with Gasteiger partial charge in [0.15, 0.2) is 6.79 Å². The van der Waals surface area contributed by atoms with E-state index in [2.05, 4.69) is 15.9 Å². The standard InChI is InChI=1S/C20H24BrNO5/c1-20(2,3)27-19(24)22-9-12(10-23)15-13-7-5-6-8-14(13)18(26-11-25-4)16(21)17(15)22/h5-8,12,23H,9-11H2,1-4H3. The van der Waals surface area contributed by atoms with E-state index in [1.54, 1.807) is 12.0 Å². The SMILES string of the molecule is COCOc1c(Br)c2c(c3ccccc13)C(CO)CN2C(=O)OC(C)(C)C. The summed E-state index contributed by atoms with van der Waals surface area (Å²) in [5, 5.41) is 11.8.